The summed E-state index contributed by atoms with van der Waals surface area (Å²) in [6.45, 7) is 13.7. The van der Waals surface area contributed by atoms with E-state index in [1.165, 1.54) is 137 Å². The minimum atomic E-state index is 0.474. The molecule has 0 saturated carbocycles. The molecule has 1 aliphatic carbocycles. The van der Waals surface area contributed by atoms with Crippen LogP contribution in [0.3, 0.4) is 0 Å². The van der Waals surface area contributed by atoms with Gasteiger partial charge in [-0.2, -0.15) is 0 Å². The number of fused-ring (bicyclic) bond motifs is 1. The topological polar surface area (TPSA) is 24.1 Å². The van der Waals surface area contributed by atoms with E-state index in [1.807, 2.05) is 0 Å². The van der Waals surface area contributed by atoms with Crippen molar-refractivity contribution in [3.05, 3.63) is 59.5 Å². The third-order valence-corrected chi connectivity index (χ3v) is 8.02. The standard InChI is InChI=1S/C35H60N2/c1-5-6-7-8-9-10-11-12-13-14-15-16-17-18-19-20-21-22-31(4)36-26-25-33-29-37-35-24-23-32(27-30(2)3)28-34(33)35/h23,28-29,35-37H,2,4-22,24-27H2,1,3H3. The largest absolute Gasteiger partial charge is 0.388 e. The average molecular weight is 509 g/mol. The maximum atomic E-state index is 4.28. The Hall–Kier alpha value is -1.70. The second-order valence-electron chi connectivity index (χ2n) is 11.8. The molecule has 2 N–H and O–H groups in total. The number of hydrogen-bond donors (Lipinski definition) is 2. The predicted molar refractivity (Wildman–Crippen MR) is 166 cm³/mol. The highest BCUT2D eigenvalue weighted by Gasteiger charge is 2.24. The van der Waals surface area contributed by atoms with Gasteiger partial charge in [0.1, 0.15) is 0 Å². The molecular weight excluding hydrogens is 448 g/mol. The normalized spacial score (nSPS) is 16.5. The van der Waals surface area contributed by atoms with Crippen molar-refractivity contribution < 1.29 is 0 Å². The zero-order valence-electron chi connectivity index (χ0n) is 24.8. The van der Waals surface area contributed by atoms with Crippen LogP contribution in [-0.4, -0.2) is 12.6 Å². The van der Waals surface area contributed by atoms with Crippen LogP contribution >= 0.6 is 0 Å². The summed E-state index contributed by atoms with van der Waals surface area (Å²) in [5.74, 6) is 0. The Morgan fingerprint density at radius 1 is 0.838 bits per heavy atom. The third kappa shape index (κ3) is 14.7. The molecule has 0 saturated heterocycles. The number of unbranched alkanes of at least 4 members (excludes halogenated alkanes) is 16. The molecule has 0 spiro atoms. The molecule has 1 unspecified atom stereocenters. The zero-order valence-corrected chi connectivity index (χ0v) is 24.8. The van der Waals surface area contributed by atoms with Gasteiger partial charge >= 0.3 is 0 Å². The Kier molecular flexibility index (Phi) is 17.3. The molecule has 2 rings (SSSR count). The Morgan fingerprint density at radius 2 is 1.38 bits per heavy atom. The lowest BCUT2D eigenvalue weighted by Crippen LogP contribution is -2.23. The molecule has 2 nitrogen and oxygen atoms in total. The number of rotatable bonds is 24. The van der Waals surface area contributed by atoms with E-state index in [-0.39, 0.29) is 0 Å². The van der Waals surface area contributed by atoms with E-state index in [9.17, 15) is 0 Å². The van der Waals surface area contributed by atoms with Crippen molar-refractivity contribution in [3.63, 3.8) is 0 Å². The molecule has 0 fully saturated rings. The molecular formula is C35H60N2. The van der Waals surface area contributed by atoms with Gasteiger partial charge in [0.2, 0.25) is 0 Å². The van der Waals surface area contributed by atoms with Gasteiger partial charge in [-0.05, 0) is 55.7 Å². The lowest BCUT2D eigenvalue weighted by molar-refractivity contribution is 0.526. The van der Waals surface area contributed by atoms with E-state index in [2.05, 4.69) is 56.0 Å². The number of hydrogen-bond acceptors (Lipinski definition) is 2. The summed E-state index contributed by atoms with van der Waals surface area (Å²) >= 11 is 0. The summed E-state index contributed by atoms with van der Waals surface area (Å²) in [5.41, 5.74) is 6.81. The molecule has 0 aromatic carbocycles. The van der Waals surface area contributed by atoms with Gasteiger partial charge in [0.05, 0.1) is 6.04 Å². The predicted octanol–water partition coefficient (Wildman–Crippen LogP) is 10.6. The molecule has 0 radical (unpaired) electrons. The summed E-state index contributed by atoms with van der Waals surface area (Å²) < 4.78 is 0. The lowest BCUT2D eigenvalue weighted by Gasteiger charge is -2.20. The van der Waals surface area contributed by atoms with E-state index in [1.54, 1.807) is 0 Å². The fourth-order valence-electron chi connectivity index (χ4n) is 5.73. The second kappa shape index (κ2) is 20.3. The molecule has 1 atom stereocenters. The van der Waals surface area contributed by atoms with E-state index < -0.39 is 0 Å². The van der Waals surface area contributed by atoms with Crippen molar-refractivity contribution in [1.29, 1.82) is 0 Å². The monoisotopic (exact) mass is 508 g/mol. The van der Waals surface area contributed by atoms with Crippen molar-refractivity contribution in [2.24, 2.45) is 0 Å². The van der Waals surface area contributed by atoms with E-state index in [0.29, 0.717) is 6.04 Å². The van der Waals surface area contributed by atoms with Crippen LogP contribution in [0.25, 0.3) is 0 Å². The highest BCUT2D eigenvalue weighted by atomic mass is 14.9. The molecule has 2 heteroatoms. The van der Waals surface area contributed by atoms with Gasteiger partial charge < -0.3 is 10.6 Å². The number of nitrogens with one attached hydrogen (secondary N) is 2. The Labute approximate surface area is 231 Å². The highest BCUT2D eigenvalue weighted by molar-refractivity contribution is 5.48. The van der Waals surface area contributed by atoms with Crippen molar-refractivity contribution in [1.82, 2.24) is 10.6 Å². The minimum Gasteiger partial charge on any atom is -0.388 e. The van der Waals surface area contributed by atoms with Gasteiger partial charge in [-0.25, -0.2) is 0 Å². The molecule has 1 aliphatic heterocycles. The van der Waals surface area contributed by atoms with E-state index in [0.717, 1.165) is 32.2 Å². The summed E-state index contributed by atoms with van der Waals surface area (Å²) in [4.78, 5) is 0. The van der Waals surface area contributed by atoms with E-state index >= 15 is 0 Å². The maximum Gasteiger partial charge on any atom is 0.0546 e. The number of allylic oxidation sites excluding steroid dienone is 4. The molecule has 37 heavy (non-hydrogen) atoms. The quantitative estimate of drug-likeness (QED) is 0.100. The fourth-order valence-corrected chi connectivity index (χ4v) is 5.73. The first-order valence-corrected chi connectivity index (χ1v) is 16.0. The van der Waals surface area contributed by atoms with Gasteiger partial charge in [0.25, 0.3) is 0 Å². The molecule has 0 aromatic rings. The van der Waals surface area contributed by atoms with Crippen LogP contribution in [-0.2, 0) is 0 Å². The van der Waals surface area contributed by atoms with Crippen molar-refractivity contribution in [2.45, 2.75) is 155 Å². The van der Waals surface area contributed by atoms with E-state index in [4.69, 9.17) is 0 Å². The summed E-state index contributed by atoms with van der Waals surface area (Å²) in [5, 5.41) is 7.14. The summed E-state index contributed by atoms with van der Waals surface area (Å²) in [6.07, 6.45) is 35.5. The smallest absolute Gasteiger partial charge is 0.0546 e. The molecule has 2 aliphatic rings. The Morgan fingerprint density at radius 3 is 1.92 bits per heavy atom. The Bertz CT molecular complexity index is 738. The van der Waals surface area contributed by atoms with Gasteiger partial charge in [0, 0.05) is 18.4 Å². The van der Waals surface area contributed by atoms with Gasteiger partial charge in [0.15, 0.2) is 0 Å². The third-order valence-electron chi connectivity index (χ3n) is 8.02. The second-order valence-corrected chi connectivity index (χ2v) is 11.8. The van der Waals surface area contributed by atoms with Crippen LogP contribution in [0.5, 0.6) is 0 Å². The highest BCUT2D eigenvalue weighted by Crippen LogP contribution is 2.31. The Balaban J connectivity index is 1.37. The molecule has 0 amide bonds. The van der Waals surface area contributed by atoms with Crippen LogP contribution < -0.4 is 10.6 Å². The first-order chi connectivity index (χ1) is 18.1. The maximum absolute atomic E-state index is 4.28. The minimum absolute atomic E-state index is 0.474. The van der Waals surface area contributed by atoms with Crippen molar-refractivity contribution >= 4 is 0 Å². The molecule has 1 heterocycles. The first-order valence-electron chi connectivity index (χ1n) is 16.0. The van der Waals surface area contributed by atoms with Crippen molar-refractivity contribution in [3.8, 4) is 0 Å². The van der Waals surface area contributed by atoms with Crippen LogP contribution in [0, 0.1) is 0 Å². The average Bonchev–Trinajstić information content (AvgIpc) is 3.27. The summed E-state index contributed by atoms with van der Waals surface area (Å²) in [6, 6.07) is 0.474. The van der Waals surface area contributed by atoms with Crippen LogP contribution in [0.4, 0.5) is 0 Å². The fraction of sp³-hybridized carbons (Fsp3) is 0.714. The molecule has 0 aromatic heterocycles. The van der Waals surface area contributed by atoms with Crippen LogP contribution in [0.15, 0.2) is 59.5 Å². The van der Waals surface area contributed by atoms with Crippen LogP contribution in [0.2, 0.25) is 0 Å². The first kappa shape index (κ1) is 31.5. The van der Waals surface area contributed by atoms with Crippen molar-refractivity contribution in [2.75, 3.05) is 6.54 Å². The zero-order chi connectivity index (χ0) is 26.6. The molecule has 0 bridgehead atoms. The SMILES string of the molecule is C=C(C)CC1=CCC2NC=C(CCNC(=C)CCCCCCCCCCCCCCCCCCC)C2=C1. The summed E-state index contributed by atoms with van der Waals surface area (Å²) in [7, 11) is 0. The van der Waals surface area contributed by atoms with Crippen LogP contribution in [0.1, 0.15) is 149 Å². The van der Waals surface area contributed by atoms with Gasteiger partial charge in [-0.3, -0.25) is 0 Å². The lowest BCUT2D eigenvalue weighted by atomic mass is 9.89. The molecule has 210 valence electrons. The van der Waals surface area contributed by atoms with Gasteiger partial charge in [-0.15, -0.1) is 0 Å². The van der Waals surface area contributed by atoms with Gasteiger partial charge in [-0.1, -0.05) is 141 Å².